The Labute approximate surface area is 190 Å². The number of anilines is 2. The van der Waals surface area contributed by atoms with Gasteiger partial charge in [0.05, 0.1) is 34.8 Å². The third-order valence-electron chi connectivity index (χ3n) is 6.25. The lowest BCUT2D eigenvalue weighted by molar-refractivity contribution is 0.146. The van der Waals surface area contributed by atoms with Crippen molar-refractivity contribution in [2.45, 2.75) is 46.1 Å². The third kappa shape index (κ3) is 4.56. The van der Waals surface area contributed by atoms with Crippen LogP contribution in [0, 0.1) is 29.5 Å². The van der Waals surface area contributed by atoms with Crippen molar-refractivity contribution in [3.63, 3.8) is 0 Å². The fourth-order valence-corrected chi connectivity index (χ4v) is 4.12. The second kappa shape index (κ2) is 8.85. The summed E-state index contributed by atoms with van der Waals surface area (Å²) in [6.45, 7) is 6.83. The summed E-state index contributed by atoms with van der Waals surface area (Å²) in [5.41, 5.74) is -0.183. The van der Waals surface area contributed by atoms with Gasteiger partial charge in [0.25, 0.3) is 6.43 Å². The van der Waals surface area contributed by atoms with E-state index in [9.17, 15) is 18.4 Å². The van der Waals surface area contributed by atoms with Gasteiger partial charge in [-0.05, 0) is 39.7 Å². The van der Waals surface area contributed by atoms with Gasteiger partial charge in [0, 0.05) is 24.0 Å². The molecule has 0 amide bonds. The average molecular weight is 455 g/mol. The van der Waals surface area contributed by atoms with Gasteiger partial charge in [-0.25, -0.2) is 28.1 Å². The van der Waals surface area contributed by atoms with Gasteiger partial charge in [-0.2, -0.15) is 5.26 Å². The maximum Gasteiger partial charge on any atom is 0.266 e. The summed E-state index contributed by atoms with van der Waals surface area (Å²) < 4.78 is 41.0. The zero-order valence-electron chi connectivity index (χ0n) is 18.7. The molecule has 1 atom stereocenters. The molecule has 6 nitrogen and oxygen atoms in total. The zero-order valence-corrected chi connectivity index (χ0v) is 18.7. The van der Waals surface area contributed by atoms with Crippen molar-refractivity contribution >= 4 is 22.5 Å². The molecule has 1 aliphatic rings. The topological polar surface area (TPSA) is 77.7 Å². The number of benzene rings is 1. The van der Waals surface area contributed by atoms with Crippen LogP contribution in [-0.2, 0) is 0 Å². The molecule has 0 bridgehead atoms. The van der Waals surface area contributed by atoms with Crippen LogP contribution in [0.3, 0.4) is 0 Å². The minimum absolute atomic E-state index is 0.137. The minimum atomic E-state index is -2.89. The zero-order chi connectivity index (χ0) is 23.8. The van der Waals surface area contributed by atoms with Crippen molar-refractivity contribution < 1.29 is 13.2 Å². The fraction of sp³-hybridized carbons (Fsp3) is 0.417. The largest absolute Gasteiger partial charge is 0.363 e. The van der Waals surface area contributed by atoms with Crippen molar-refractivity contribution in [1.29, 1.82) is 5.26 Å². The summed E-state index contributed by atoms with van der Waals surface area (Å²) in [6, 6.07) is 7.67. The highest BCUT2D eigenvalue weighted by Gasteiger charge is 2.30. The van der Waals surface area contributed by atoms with Gasteiger partial charge in [0.2, 0.25) is 0 Å². The molecule has 172 valence electrons. The van der Waals surface area contributed by atoms with E-state index < -0.39 is 23.8 Å². The molecule has 9 heteroatoms. The first-order valence-corrected chi connectivity index (χ1v) is 10.8. The molecule has 1 saturated heterocycles. The van der Waals surface area contributed by atoms with Crippen LogP contribution in [0.5, 0.6) is 0 Å². The van der Waals surface area contributed by atoms with Gasteiger partial charge in [-0.1, -0.05) is 18.2 Å². The molecule has 0 saturated carbocycles. The van der Waals surface area contributed by atoms with Crippen molar-refractivity contribution in [2.75, 3.05) is 23.3 Å². The van der Waals surface area contributed by atoms with Crippen molar-refractivity contribution in [1.82, 2.24) is 15.0 Å². The number of fused-ring (bicyclic) bond motifs is 1. The monoisotopic (exact) mass is 454 g/mol. The van der Waals surface area contributed by atoms with Gasteiger partial charge >= 0.3 is 0 Å². The van der Waals surface area contributed by atoms with E-state index in [0.29, 0.717) is 35.6 Å². The quantitative estimate of drug-likeness (QED) is 0.532. The van der Waals surface area contributed by atoms with Crippen molar-refractivity contribution in [3.05, 3.63) is 53.2 Å². The number of rotatable bonds is 5. The van der Waals surface area contributed by atoms with E-state index in [0.717, 1.165) is 24.7 Å². The maximum atomic E-state index is 14.7. The van der Waals surface area contributed by atoms with Crippen LogP contribution in [-0.4, -0.2) is 28.0 Å². The number of aryl methyl sites for hydroxylation is 1. The molecule has 33 heavy (non-hydrogen) atoms. The molecule has 0 radical (unpaired) electrons. The summed E-state index contributed by atoms with van der Waals surface area (Å²) in [5.74, 6) is 0.820. The average Bonchev–Trinajstić information content (AvgIpc) is 2.79. The normalized spacial score (nSPS) is 16.6. The number of halogens is 3. The number of nitrogens with zero attached hydrogens (tertiary/aromatic N) is 5. The Balaban J connectivity index is 1.66. The number of alkyl halides is 2. The predicted octanol–water partition coefficient (Wildman–Crippen LogP) is 5.71. The molecule has 3 aromatic rings. The number of hydrogen-bond donors (Lipinski definition) is 1. The second-order valence-corrected chi connectivity index (χ2v) is 8.76. The lowest BCUT2D eigenvalue weighted by atomic mass is 9.82. The van der Waals surface area contributed by atoms with E-state index in [1.165, 1.54) is 12.1 Å². The number of hydrogen-bond acceptors (Lipinski definition) is 6. The smallest absolute Gasteiger partial charge is 0.266 e. The van der Waals surface area contributed by atoms with Gasteiger partial charge in [-0.3, -0.25) is 0 Å². The Kier molecular flexibility index (Phi) is 6.11. The molecule has 0 aliphatic carbocycles. The van der Waals surface area contributed by atoms with E-state index in [4.69, 9.17) is 0 Å². The van der Waals surface area contributed by atoms with E-state index >= 15 is 0 Å². The SMILES string of the molecule is Cc1nc(N[C@H](C)c2cccc(C(F)F)c2F)c2cc(N3CCC(C)(C#N)CC3)ncc2n1. The molecule has 1 N–H and O–H groups in total. The first-order chi connectivity index (χ1) is 15.7. The van der Waals surface area contributed by atoms with Crippen LogP contribution >= 0.6 is 0 Å². The van der Waals surface area contributed by atoms with Gasteiger partial charge < -0.3 is 10.2 Å². The van der Waals surface area contributed by atoms with Gasteiger partial charge in [-0.15, -0.1) is 0 Å². The van der Waals surface area contributed by atoms with E-state index in [2.05, 4.69) is 31.2 Å². The Bertz CT molecular complexity index is 1210. The second-order valence-electron chi connectivity index (χ2n) is 8.76. The first-order valence-electron chi connectivity index (χ1n) is 10.8. The van der Waals surface area contributed by atoms with Crippen LogP contribution in [0.1, 0.15) is 56.1 Å². The predicted molar refractivity (Wildman–Crippen MR) is 121 cm³/mol. The fourth-order valence-electron chi connectivity index (χ4n) is 4.12. The Hall–Kier alpha value is -3.41. The Morgan fingerprint density at radius 2 is 1.88 bits per heavy atom. The van der Waals surface area contributed by atoms with Crippen molar-refractivity contribution in [3.8, 4) is 6.07 Å². The standard InChI is InChI=1S/C24H25F3N6/c1-14(16-5-4-6-17(21(16)25)22(26)27)30-23-18-11-20(29-12-19(18)31-15(2)32-23)33-9-7-24(3,13-28)8-10-33/h4-6,11-12,14,22H,7-10H2,1-3H3,(H,30,31,32)/t14-/m1/s1. The molecular formula is C24H25F3N6. The number of piperidine rings is 1. The van der Waals surface area contributed by atoms with E-state index in [1.807, 2.05) is 13.0 Å². The molecule has 4 rings (SSSR count). The first kappa shape index (κ1) is 22.8. The van der Waals surface area contributed by atoms with Gasteiger partial charge in [0.1, 0.15) is 23.3 Å². The summed E-state index contributed by atoms with van der Waals surface area (Å²) in [6.07, 6.45) is 0.274. The van der Waals surface area contributed by atoms with Crippen LogP contribution in [0.2, 0.25) is 0 Å². The Morgan fingerprint density at radius 1 is 1.18 bits per heavy atom. The number of nitrogens with one attached hydrogen (secondary N) is 1. The van der Waals surface area contributed by atoms with E-state index in [-0.39, 0.29) is 11.0 Å². The lowest BCUT2D eigenvalue weighted by Crippen LogP contribution is -2.38. The summed E-state index contributed by atoms with van der Waals surface area (Å²) in [7, 11) is 0. The van der Waals surface area contributed by atoms with Crippen molar-refractivity contribution in [2.24, 2.45) is 5.41 Å². The summed E-state index contributed by atoms with van der Waals surface area (Å²) >= 11 is 0. The highest BCUT2D eigenvalue weighted by Crippen LogP contribution is 2.34. The minimum Gasteiger partial charge on any atom is -0.363 e. The molecule has 2 aromatic heterocycles. The van der Waals surface area contributed by atoms with Crippen LogP contribution in [0.4, 0.5) is 24.8 Å². The molecule has 3 heterocycles. The summed E-state index contributed by atoms with van der Waals surface area (Å²) in [4.78, 5) is 15.6. The number of pyridine rings is 1. The van der Waals surface area contributed by atoms with E-state index in [1.54, 1.807) is 20.0 Å². The molecule has 0 unspecified atom stereocenters. The molecule has 1 aliphatic heterocycles. The molecule has 0 spiro atoms. The lowest BCUT2D eigenvalue weighted by Gasteiger charge is -2.35. The third-order valence-corrected chi connectivity index (χ3v) is 6.25. The molecular weight excluding hydrogens is 429 g/mol. The highest BCUT2D eigenvalue weighted by atomic mass is 19.3. The number of aromatic nitrogens is 3. The Morgan fingerprint density at radius 3 is 2.55 bits per heavy atom. The number of nitriles is 1. The molecule has 1 aromatic carbocycles. The van der Waals surface area contributed by atoms with Crippen LogP contribution in [0.15, 0.2) is 30.5 Å². The summed E-state index contributed by atoms with van der Waals surface area (Å²) in [5, 5.41) is 13.3. The van der Waals surface area contributed by atoms with Crippen LogP contribution in [0.25, 0.3) is 10.9 Å². The molecule has 1 fully saturated rings. The van der Waals surface area contributed by atoms with Gasteiger partial charge in [0.15, 0.2) is 0 Å². The highest BCUT2D eigenvalue weighted by molar-refractivity contribution is 5.90. The maximum absolute atomic E-state index is 14.7. The van der Waals surface area contributed by atoms with Crippen LogP contribution < -0.4 is 10.2 Å².